The number of carbonyl (C=O) groups is 2. The Bertz CT molecular complexity index is 456. The summed E-state index contributed by atoms with van der Waals surface area (Å²) in [5.41, 5.74) is 6.48. The largest absolute Gasteiger partial charge is 0.323 e. The molecule has 7 heteroatoms. The molecule has 1 unspecified atom stereocenters. The zero-order chi connectivity index (χ0) is 13.1. The van der Waals surface area contributed by atoms with Gasteiger partial charge in [-0.3, -0.25) is 14.5 Å². The summed E-state index contributed by atoms with van der Waals surface area (Å²) in [7, 11) is 0. The molecule has 0 aliphatic carbocycles. The zero-order valence-electron chi connectivity index (χ0n) is 10.4. The first-order chi connectivity index (χ1) is 8.61. The van der Waals surface area contributed by atoms with Gasteiger partial charge in [0.15, 0.2) is 0 Å². The third-order valence-corrected chi connectivity index (χ3v) is 3.05. The average molecular weight is 251 g/mol. The number of amides is 2. The molecule has 1 aliphatic rings. The molecule has 2 rings (SSSR count). The molecule has 2 heterocycles. The Labute approximate surface area is 105 Å². The second kappa shape index (κ2) is 5.26. The maximum Gasteiger partial charge on any atom is 0.250 e. The molecule has 0 spiro atoms. The van der Waals surface area contributed by atoms with Gasteiger partial charge in [-0.1, -0.05) is 12.1 Å². The number of carbonyl (C=O) groups excluding carboxylic acids is 2. The van der Waals surface area contributed by atoms with Crippen molar-refractivity contribution in [3.05, 3.63) is 11.9 Å². The summed E-state index contributed by atoms with van der Waals surface area (Å²) in [6.45, 7) is 2.50. The minimum Gasteiger partial charge on any atom is -0.323 e. The number of nitrogens with two attached hydrogens (primary N) is 1. The molecule has 1 aliphatic heterocycles. The van der Waals surface area contributed by atoms with Gasteiger partial charge in [-0.25, -0.2) is 4.68 Å². The van der Waals surface area contributed by atoms with Crippen LogP contribution in [0.1, 0.15) is 37.9 Å². The van der Waals surface area contributed by atoms with Crippen LogP contribution in [0.25, 0.3) is 0 Å². The SMILES string of the molecule is CCC(N)c1cn(CC(=O)N2CCCC2=O)nn1. The minimum absolute atomic E-state index is 0.0369. The van der Waals surface area contributed by atoms with Crippen LogP contribution < -0.4 is 5.73 Å². The summed E-state index contributed by atoms with van der Waals surface area (Å²) in [6.07, 6.45) is 3.62. The van der Waals surface area contributed by atoms with Gasteiger partial charge in [0.1, 0.15) is 6.54 Å². The standard InChI is InChI=1S/C11H17N5O2/c1-2-8(12)9-6-15(14-13-9)7-11(18)16-5-3-4-10(16)17/h6,8H,2-5,7,12H2,1H3. The average Bonchev–Trinajstić information content (AvgIpc) is 2.97. The molecule has 1 aromatic heterocycles. The molecule has 2 amide bonds. The number of rotatable bonds is 4. The molecule has 0 aromatic carbocycles. The molecule has 18 heavy (non-hydrogen) atoms. The fourth-order valence-electron chi connectivity index (χ4n) is 1.91. The fourth-order valence-corrected chi connectivity index (χ4v) is 1.91. The van der Waals surface area contributed by atoms with E-state index in [9.17, 15) is 9.59 Å². The Kier molecular flexibility index (Phi) is 3.71. The summed E-state index contributed by atoms with van der Waals surface area (Å²) < 4.78 is 1.43. The summed E-state index contributed by atoms with van der Waals surface area (Å²) >= 11 is 0. The first-order valence-electron chi connectivity index (χ1n) is 6.10. The van der Waals surface area contributed by atoms with Gasteiger partial charge < -0.3 is 5.73 Å². The molecule has 1 atom stereocenters. The Morgan fingerprint density at radius 1 is 1.61 bits per heavy atom. The second-order valence-corrected chi connectivity index (χ2v) is 4.40. The zero-order valence-corrected chi connectivity index (χ0v) is 10.4. The molecule has 1 saturated heterocycles. The Hall–Kier alpha value is -1.76. The third kappa shape index (κ3) is 2.56. The highest BCUT2D eigenvalue weighted by Crippen LogP contribution is 2.12. The normalized spacial score (nSPS) is 17.2. The molecule has 0 saturated carbocycles. The van der Waals surface area contributed by atoms with Crippen molar-refractivity contribution in [1.82, 2.24) is 19.9 Å². The Morgan fingerprint density at radius 2 is 2.39 bits per heavy atom. The molecule has 0 radical (unpaired) electrons. The van der Waals surface area contributed by atoms with Crippen molar-refractivity contribution in [3.63, 3.8) is 0 Å². The van der Waals surface area contributed by atoms with Crippen molar-refractivity contribution in [2.24, 2.45) is 5.73 Å². The van der Waals surface area contributed by atoms with Gasteiger partial charge in [-0.2, -0.15) is 0 Å². The van der Waals surface area contributed by atoms with E-state index in [-0.39, 0.29) is 24.4 Å². The van der Waals surface area contributed by atoms with Gasteiger partial charge in [-0.05, 0) is 12.8 Å². The fraction of sp³-hybridized carbons (Fsp3) is 0.636. The lowest BCUT2D eigenvalue weighted by Crippen LogP contribution is -2.34. The van der Waals surface area contributed by atoms with E-state index in [1.165, 1.54) is 9.58 Å². The van der Waals surface area contributed by atoms with E-state index >= 15 is 0 Å². The van der Waals surface area contributed by atoms with Gasteiger partial charge in [0.25, 0.3) is 5.91 Å². The second-order valence-electron chi connectivity index (χ2n) is 4.40. The highest BCUT2D eigenvalue weighted by Gasteiger charge is 2.26. The molecule has 2 N–H and O–H groups in total. The summed E-state index contributed by atoms with van der Waals surface area (Å²) in [5.74, 6) is -0.343. The molecular weight excluding hydrogens is 234 g/mol. The van der Waals surface area contributed by atoms with E-state index in [1.807, 2.05) is 6.92 Å². The lowest BCUT2D eigenvalue weighted by atomic mass is 10.2. The van der Waals surface area contributed by atoms with Gasteiger partial charge in [0.05, 0.1) is 17.9 Å². The van der Waals surface area contributed by atoms with Crippen molar-refractivity contribution < 1.29 is 9.59 Å². The van der Waals surface area contributed by atoms with Crippen molar-refractivity contribution >= 4 is 11.8 Å². The van der Waals surface area contributed by atoms with Crippen LogP contribution in [-0.2, 0) is 16.1 Å². The number of nitrogens with zero attached hydrogens (tertiary/aromatic N) is 4. The molecular formula is C11H17N5O2. The van der Waals surface area contributed by atoms with Crippen LogP contribution in [-0.4, -0.2) is 38.3 Å². The third-order valence-electron chi connectivity index (χ3n) is 3.05. The van der Waals surface area contributed by atoms with Crippen molar-refractivity contribution in [2.75, 3.05) is 6.54 Å². The lowest BCUT2D eigenvalue weighted by Gasteiger charge is -2.12. The summed E-state index contributed by atoms with van der Waals surface area (Å²) in [4.78, 5) is 24.5. The molecule has 7 nitrogen and oxygen atoms in total. The number of aromatic nitrogens is 3. The monoisotopic (exact) mass is 251 g/mol. The van der Waals surface area contributed by atoms with Crippen LogP contribution in [0.15, 0.2) is 6.20 Å². The molecule has 98 valence electrons. The lowest BCUT2D eigenvalue weighted by molar-refractivity contribution is -0.142. The van der Waals surface area contributed by atoms with Crippen LogP contribution >= 0.6 is 0 Å². The first-order valence-corrected chi connectivity index (χ1v) is 6.10. The van der Waals surface area contributed by atoms with Crippen molar-refractivity contribution in [3.8, 4) is 0 Å². The van der Waals surface area contributed by atoms with Gasteiger partial charge >= 0.3 is 0 Å². The predicted octanol–water partition coefficient (Wildman–Crippen LogP) is -0.163. The number of likely N-dealkylation sites (tertiary alicyclic amines) is 1. The molecule has 1 aromatic rings. The van der Waals surface area contributed by atoms with E-state index < -0.39 is 0 Å². The minimum atomic E-state index is -0.237. The smallest absolute Gasteiger partial charge is 0.250 e. The summed E-state index contributed by atoms with van der Waals surface area (Å²) in [5, 5.41) is 7.77. The van der Waals surface area contributed by atoms with E-state index in [0.29, 0.717) is 18.7 Å². The number of hydrogen-bond acceptors (Lipinski definition) is 5. The van der Waals surface area contributed by atoms with E-state index in [1.54, 1.807) is 6.20 Å². The first kappa shape index (κ1) is 12.7. The van der Waals surface area contributed by atoms with E-state index in [2.05, 4.69) is 10.3 Å². The van der Waals surface area contributed by atoms with Crippen LogP contribution in [0.3, 0.4) is 0 Å². The van der Waals surface area contributed by atoms with E-state index in [4.69, 9.17) is 5.73 Å². The number of hydrogen-bond donors (Lipinski definition) is 1. The predicted molar refractivity (Wildman–Crippen MR) is 63.2 cm³/mol. The number of imide groups is 1. The van der Waals surface area contributed by atoms with Gasteiger partial charge in [-0.15, -0.1) is 5.10 Å². The van der Waals surface area contributed by atoms with Gasteiger partial charge in [0, 0.05) is 13.0 Å². The maximum atomic E-state index is 11.9. The van der Waals surface area contributed by atoms with Crippen LogP contribution in [0.4, 0.5) is 0 Å². The van der Waals surface area contributed by atoms with Gasteiger partial charge in [0.2, 0.25) is 5.91 Å². The van der Waals surface area contributed by atoms with Crippen LogP contribution in [0.2, 0.25) is 0 Å². The van der Waals surface area contributed by atoms with E-state index in [0.717, 1.165) is 12.8 Å². The topological polar surface area (TPSA) is 94.1 Å². The highest BCUT2D eigenvalue weighted by molar-refractivity contribution is 5.96. The highest BCUT2D eigenvalue weighted by atomic mass is 16.2. The maximum absolute atomic E-state index is 11.9. The van der Waals surface area contributed by atoms with Crippen molar-refractivity contribution in [1.29, 1.82) is 0 Å². The quantitative estimate of drug-likeness (QED) is 0.802. The van der Waals surface area contributed by atoms with Crippen LogP contribution in [0.5, 0.6) is 0 Å². The molecule has 1 fully saturated rings. The van der Waals surface area contributed by atoms with Crippen molar-refractivity contribution in [2.45, 2.75) is 38.8 Å². The molecule has 0 bridgehead atoms. The van der Waals surface area contributed by atoms with Crippen LogP contribution in [0, 0.1) is 0 Å². The Balaban J connectivity index is 1.99. The Morgan fingerprint density at radius 3 is 3.00 bits per heavy atom. The summed E-state index contributed by atoms with van der Waals surface area (Å²) in [6, 6.07) is -0.165.